The third kappa shape index (κ3) is 3.41. The molecule has 0 aliphatic heterocycles. The fourth-order valence-corrected chi connectivity index (χ4v) is 2.61. The molecule has 1 fully saturated rings. The molecule has 0 amide bonds. The molecular formula is C15H23N3O. The predicted octanol–water partition coefficient (Wildman–Crippen LogP) is 2.76. The first-order valence-corrected chi connectivity index (χ1v) is 6.86. The summed E-state index contributed by atoms with van der Waals surface area (Å²) in [5.74, 6) is 6.80. The van der Waals surface area contributed by atoms with E-state index in [0.717, 1.165) is 5.56 Å². The Morgan fingerprint density at radius 3 is 2.68 bits per heavy atom. The lowest BCUT2D eigenvalue weighted by atomic mass is 9.95. The summed E-state index contributed by atoms with van der Waals surface area (Å²) in [5, 5.41) is 1.82. The maximum Gasteiger partial charge on any atom is 0.149 e. The Hall–Kier alpha value is -1.68. The highest BCUT2D eigenvalue weighted by Crippen LogP contribution is 2.27. The number of benzene rings is 1. The van der Waals surface area contributed by atoms with Crippen molar-refractivity contribution >= 4 is 11.8 Å². The molecule has 1 aliphatic rings. The van der Waals surface area contributed by atoms with Crippen LogP contribution in [0.4, 0.5) is 5.69 Å². The number of nitrogens with zero attached hydrogens (tertiary/aromatic N) is 1. The Kier molecular flexibility index (Phi) is 4.68. The van der Waals surface area contributed by atoms with Gasteiger partial charge in [-0.2, -0.15) is 0 Å². The summed E-state index contributed by atoms with van der Waals surface area (Å²) in [6.45, 7) is 0. The molecule has 1 saturated carbocycles. The van der Waals surface area contributed by atoms with E-state index in [2.05, 4.69) is 0 Å². The maximum atomic E-state index is 6.10. The van der Waals surface area contributed by atoms with Crippen LogP contribution in [-0.2, 0) is 0 Å². The molecule has 0 bridgehead atoms. The number of anilines is 1. The van der Waals surface area contributed by atoms with Crippen LogP contribution in [0.25, 0.3) is 6.08 Å². The second-order valence-corrected chi connectivity index (χ2v) is 5.02. The highest BCUT2D eigenvalue weighted by molar-refractivity contribution is 5.67. The van der Waals surface area contributed by atoms with Gasteiger partial charge < -0.3 is 15.5 Å². The monoisotopic (exact) mass is 261 g/mol. The summed E-state index contributed by atoms with van der Waals surface area (Å²) < 4.78 is 5.32. The minimum atomic E-state index is 0.456. The van der Waals surface area contributed by atoms with Crippen molar-refractivity contribution in [3.8, 4) is 5.75 Å². The minimum Gasteiger partial charge on any atom is -0.494 e. The van der Waals surface area contributed by atoms with E-state index in [9.17, 15) is 0 Å². The average Bonchev–Trinajstić information content (AvgIpc) is 2.45. The number of methoxy groups -OCH3 is 1. The first kappa shape index (κ1) is 13.7. The zero-order valence-electron chi connectivity index (χ0n) is 11.5. The van der Waals surface area contributed by atoms with Gasteiger partial charge in [0.15, 0.2) is 0 Å². The molecule has 2 rings (SSSR count). The molecule has 0 spiro atoms. The van der Waals surface area contributed by atoms with Crippen molar-refractivity contribution in [3.05, 3.63) is 30.0 Å². The van der Waals surface area contributed by atoms with Crippen molar-refractivity contribution in [1.82, 2.24) is 5.01 Å². The predicted molar refractivity (Wildman–Crippen MR) is 79.3 cm³/mol. The standard InChI is InChI=1S/C15H23N3O/c1-19-15-12(6-5-9-14(15)16)10-11-18(17)13-7-3-2-4-8-13/h5-6,9-11,13H,2-4,7-8,16-17H2,1H3/b11-10+. The molecule has 1 aromatic rings. The van der Waals surface area contributed by atoms with Gasteiger partial charge in [-0.05, 0) is 25.0 Å². The molecule has 0 aromatic heterocycles. The molecule has 19 heavy (non-hydrogen) atoms. The van der Waals surface area contributed by atoms with Gasteiger partial charge in [0.2, 0.25) is 0 Å². The zero-order chi connectivity index (χ0) is 13.7. The van der Waals surface area contributed by atoms with Gasteiger partial charge in [-0.1, -0.05) is 31.4 Å². The van der Waals surface area contributed by atoms with E-state index in [4.69, 9.17) is 16.3 Å². The van der Waals surface area contributed by atoms with Gasteiger partial charge in [0, 0.05) is 17.8 Å². The van der Waals surface area contributed by atoms with E-state index in [-0.39, 0.29) is 0 Å². The maximum absolute atomic E-state index is 6.10. The third-order valence-electron chi connectivity index (χ3n) is 3.70. The highest BCUT2D eigenvalue weighted by Gasteiger charge is 2.16. The molecule has 4 nitrogen and oxygen atoms in total. The summed E-state index contributed by atoms with van der Waals surface area (Å²) in [7, 11) is 1.63. The summed E-state index contributed by atoms with van der Waals surface area (Å²) in [5.41, 5.74) is 7.47. The van der Waals surface area contributed by atoms with Crippen molar-refractivity contribution in [3.63, 3.8) is 0 Å². The van der Waals surface area contributed by atoms with Crippen LogP contribution in [0.5, 0.6) is 5.75 Å². The second-order valence-electron chi connectivity index (χ2n) is 5.02. The fourth-order valence-electron chi connectivity index (χ4n) is 2.61. The highest BCUT2D eigenvalue weighted by atomic mass is 16.5. The van der Waals surface area contributed by atoms with Crippen LogP contribution in [0, 0.1) is 0 Å². The van der Waals surface area contributed by atoms with Crippen molar-refractivity contribution in [2.45, 2.75) is 38.1 Å². The second kappa shape index (κ2) is 6.48. The van der Waals surface area contributed by atoms with Gasteiger partial charge in [0.1, 0.15) is 5.75 Å². The normalized spacial score (nSPS) is 16.7. The van der Waals surface area contributed by atoms with Crippen LogP contribution in [0.1, 0.15) is 37.7 Å². The molecule has 4 N–H and O–H groups in total. The van der Waals surface area contributed by atoms with Gasteiger partial charge >= 0.3 is 0 Å². The lowest BCUT2D eigenvalue weighted by Gasteiger charge is -2.29. The number of nitrogens with two attached hydrogens (primary N) is 2. The first-order chi connectivity index (χ1) is 9.22. The number of ether oxygens (including phenoxy) is 1. The lowest BCUT2D eigenvalue weighted by Crippen LogP contribution is -2.37. The topological polar surface area (TPSA) is 64.5 Å². The van der Waals surface area contributed by atoms with Gasteiger partial charge in [0.05, 0.1) is 12.8 Å². The summed E-state index contributed by atoms with van der Waals surface area (Å²) in [6.07, 6.45) is 10.1. The van der Waals surface area contributed by atoms with Crippen molar-refractivity contribution in [1.29, 1.82) is 0 Å². The Bertz CT molecular complexity index is 439. The van der Waals surface area contributed by atoms with Crippen LogP contribution in [-0.4, -0.2) is 18.2 Å². The molecule has 0 unspecified atom stereocenters. The summed E-state index contributed by atoms with van der Waals surface area (Å²) in [6, 6.07) is 6.17. The molecule has 0 heterocycles. The SMILES string of the molecule is COc1c(N)cccc1/C=C/N(N)C1CCCCC1. The number of rotatable bonds is 4. The van der Waals surface area contributed by atoms with Crippen LogP contribution in [0.2, 0.25) is 0 Å². The van der Waals surface area contributed by atoms with Crippen molar-refractivity contribution in [2.75, 3.05) is 12.8 Å². The average molecular weight is 261 g/mol. The van der Waals surface area contributed by atoms with Crippen molar-refractivity contribution < 1.29 is 4.74 Å². The third-order valence-corrected chi connectivity index (χ3v) is 3.70. The number of para-hydroxylation sites is 1. The Labute approximate surface area is 115 Å². The van der Waals surface area contributed by atoms with Gasteiger partial charge in [0.25, 0.3) is 0 Å². The largest absolute Gasteiger partial charge is 0.494 e. The lowest BCUT2D eigenvalue weighted by molar-refractivity contribution is 0.223. The van der Waals surface area contributed by atoms with Crippen LogP contribution < -0.4 is 16.3 Å². The van der Waals surface area contributed by atoms with E-state index in [0.29, 0.717) is 17.5 Å². The Morgan fingerprint density at radius 1 is 1.26 bits per heavy atom. The quantitative estimate of drug-likeness (QED) is 0.497. The van der Waals surface area contributed by atoms with Gasteiger partial charge in [-0.15, -0.1) is 0 Å². The number of hydrogen-bond donors (Lipinski definition) is 2. The van der Waals surface area contributed by atoms with E-state index in [1.165, 1.54) is 32.1 Å². The fraction of sp³-hybridized carbons (Fsp3) is 0.467. The number of hydrogen-bond acceptors (Lipinski definition) is 4. The Morgan fingerprint density at radius 2 is 2.00 bits per heavy atom. The Balaban J connectivity index is 2.07. The zero-order valence-corrected chi connectivity index (χ0v) is 11.5. The molecule has 0 saturated heterocycles. The smallest absolute Gasteiger partial charge is 0.149 e. The van der Waals surface area contributed by atoms with E-state index in [1.54, 1.807) is 7.11 Å². The van der Waals surface area contributed by atoms with Crippen LogP contribution >= 0.6 is 0 Å². The van der Waals surface area contributed by atoms with Gasteiger partial charge in [-0.3, -0.25) is 0 Å². The van der Waals surface area contributed by atoms with E-state index in [1.807, 2.05) is 35.5 Å². The molecule has 104 valence electrons. The molecule has 1 aliphatic carbocycles. The van der Waals surface area contributed by atoms with E-state index < -0.39 is 0 Å². The summed E-state index contributed by atoms with van der Waals surface area (Å²) in [4.78, 5) is 0. The molecule has 1 aromatic carbocycles. The molecular weight excluding hydrogens is 238 g/mol. The summed E-state index contributed by atoms with van der Waals surface area (Å²) >= 11 is 0. The number of nitrogen functional groups attached to an aromatic ring is 1. The minimum absolute atomic E-state index is 0.456. The van der Waals surface area contributed by atoms with Crippen LogP contribution in [0.15, 0.2) is 24.4 Å². The van der Waals surface area contributed by atoms with E-state index >= 15 is 0 Å². The first-order valence-electron chi connectivity index (χ1n) is 6.86. The molecule has 4 heteroatoms. The van der Waals surface area contributed by atoms with Crippen LogP contribution in [0.3, 0.4) is 0 Å². The van der Waals surface area contributed by atoms with Crippen molar-refractivity contribution in [2.24, 2.45) is 5.84 Å². The number of hydrazine groups is 1. The van der Waals surface area contributed by atoms with Gasteiger partial charge in [-0.25, -0.2) is 5.84 Å². The molecule has 0 radical (unpaired) electrons. The molecule has 0 atom stereocenters.